The molecule has 1 aliphatic rings. The van der Waals surface area contributed by atoms with Crippen molar-refractivity contribution in [3.63, 3.8) is 0 Å². The standard InChI is InChI=1S/C18H30N4/c1-5-19-18(20-13-17(21(2)3)16-11-12-16)22(4)14-15-9-7-6-8-10-15/h6-10,16-17H,5,11-14H2,1-4H3,(H,19,20). The Morgan fingerprint density at radius 3 is 2.45 bits per heavy atom. The lowest BCUT2D eigenvalue weighted by Gasteiger charge is -2.25. The average molecular weight is 302 g/mol. The fourth-order valence-electron chi connectivity index (χ4n) is 2.80. The van der Waals surface area contributed by atoms with Crippen molar-refractivity contribution in [1.29, 1.82) is 0 Å². The number of rotatable bonds is 7. The Morgan fingerprint density at radius 2 is 1.91 bits per heavy atom. The van der Waals surface area contributed by atoms with Crippen molar-refractivity contribution in [3.05, 3.63) is 35.9 Å². The van der Waals surface area contributed by atoms with Crippen molar-refractivity contribution < 1.29 is 0 Å². The Hall–Kier alpha value is -1.55. The Morgan fingerprint density at radius 1 is 1.23 bits per heavy atom. The maximum atomic E-state index is 4.88. The largest absolute Gasteiger partial charge is 0.357 e. The van der Waals surface area contributed by atoms with Gasteiger partial charge in [0.05, 0.1) is 6.54 Å². The molecule has 1 aromatic carbocycles. The Kier molecular flexibility index (Phi) is 6.25. The summed E-state index contributed by atoms with van der Waals surface area (Å²) in [5.41, 5.74) is 1.31. The highest BCUT2D eigenvalue weighted by Gasteiger charge is 2.32. The van der Waals surface area contributed by atoms with Crippen molar-refractivity contribution >= 4 is 5.96 Å². The fraction of sp³-hybridized carbons (Fsp3) is 0.611. The van der Waals surface area contributed by atoms with Crippen LogP contribution in [0.15, 0.2) is 35.3 Å². The van der Waals surface area contributed by atoms with E-state index in [0.29, 0.717) is 6.04 Å². The van der Waals surface area contributed by atoms with Crippen LogP contribution in [0.3, 0.4) is 0 Å². The Balaban J connectivity index is 1.99. The topological polar surface area (TPSA) is 30.9 Å². The number of aliphatic imine (C=N–C) groups is 1. The van der Waals surface area contributed by atoms with E-state index >= 15 is 0 Å². The molecule has 2 rings (SSSR count). The third-order valence-corrected chi connectivity index (χ3v) is 4.22. The van der Waals surface area contributed by atoms with Crippen LogP contribution in [0, 0.1) is 5.92 Å². The van der Waals surface area contributed by atoms with E-state index in [4.69, 9.17) is 4.99 Å². The Bertz CT molecular complexity index is 463. The molecule has 22 heavy (non-hydrogen) atoms. The highest BCUT2D eigenvalue weighted by atomic mass is 15.3. The molecule has 1 aliphatic carbocycles. The van der Waals surface area contributed by atoms with Gasteiger partial charge in [0.25, 0.3) is 0 Å². The van der Waals surface area contributed by atoms with Gasteiger partial charge in [-0.3, -0.25) is 4.99 Å². The molecule has 0 bridgehead atoms. The van der Waals surface area contributed by atoms with Gasteiger partial charge in [-0.2, -0.15) is 0 Å². The van der Waals surface area contributed by atoms with Gasteiger partial charge < -0.3 is 15.1 Å². The van der Waals surface area contributed by atoms with Crippen LogP contribution in [0.1, 0.15) is 25.3 Å². The zero-order valence-corrected chi connectivity index (χ0v) is 14.4. The maximum absolute atomic E-state index is 4.88. The molecule has 0 heterocycles. The first-order chi connectivity index (χ1) is 10.6. The molecule has 0 radical (unpaired) electrons. The van der Waals surface area contributed by atoms with Crippen LogP contribution in [-0.2, 0) is 6.54 Å². The molecule has 4 nitrogen and oxygen atoms in total. The van der Waals surface area contributed by atoms with Gasteiger partial charge in [-0.1, -0.05) is 30.3 Å². The van der Waals surface area contributed by atoms with Crippen molar-refractivity contribution in [3.8, 4) is 0 Å². The van der Waals surface area contributed by atoms with E-state index in [1.807, 2.05) is 0 Å². The van der Waals surface area contributed by atoms with Gasteiger partial charge in [-0.05, 0) is 45.3 Å². The summed E-state index contributed by atoms with van der Waals surface area (Å²) >= 11 is 0. The third kappa shape index (κ3) is 5.02. The van der Waals surface area contributed by atoms with Crippen molar-refractivity contribution in [2.45, 2.75) is 32.4 Å². The molecule has 1 aromatic rings. The minimum absolute atomic E-state index is 0.568. The molecule has 1 saturated carbocycles. The molecule has 1 unspecified atom stereocenters. The maximum Gasteiger partial charge on any atom is 0.194 e. The van der Waals surface area contributed by atoms with E-state index in [0.717, 1.165) is 31.5 Å². The number of nitrogens with zero attached hydrogens (tertiary/aromatic N) is 3. The molecule has 1 N–H and O–H groups in total. The van der Waals surface area contributed by atoms with Gasteiger partial charge in [-0.25, -0.2) is 0 Å². The first-order valence-electron chi connectivity index (χ1n) is 8.31. The summed E-state index contributed by atoms with van der Waals surface area (Å²) in [7, 11) is 6.44. The number of benzene rings is 1. The van der Waals surface area contributed by atoms with E-state index < -0.39 is 0 Å². The highest BCUT2D eigenvalue weighted by molar-refractivity contribution is 5.79. The molecule has 0 aliphatic heterocycles. The van der Waals surface area contributed by atoms with Crippen molar-refractivity contribution in [1.82, 2.24) is 15.1 Å². The minimum atomic E-state index is 0.568. The summed E-state index contributed by atoms with van der Waals surface area (Å²) in [4.78, 5) is 9.41. The molecule has 1 atom stereocenters. The number of likely N-dealkylation sites (N-methyl/N-ethyl adjacent to an activating group) is 1. The second kappa shape index (κ2) is 8.18. The van der Waals surface area contributed by atoms with E-state index in [-0.39, 0.29) is 0 Å². The van der Waals surface area contributed by atoms with Gasteiger partial charge >= 0.3 is 0 Å². The molecule has 0 aromatic heterocycles. The van der Waals surface area contributed by atoms with E-state index in [1.54, 1.807) is 0 Å². The fourth-order valence-corrected chi connectivity index (χ4v) is 2.80. The molecule has 0 amide bonds. The minimum Gasteiger partial charge on any atom is -0.357 e. The van der Waals surface area contributed by atoms with Crippen LogP contribution < -0.4 is 5.32 Å². The molecular formula is C18H30N4. The van der Waals surface area contributed by atoms with Crippen LogP contribution in [-0.4, -0.2) is 56.0 Å². The SMILES string of the molecule is CCNC(=NCC(C1CC1)N(C)C)N(C)Cc1ccccc1. The molecule has 0 spiro atoms. The summed E-state index contributed by atoms with van der Waals surface area (Å²) in [6, 6.07) is 11.1. The van der Waals surface area contributed by atoms with Gasteiger partial charge in [-0.15, -0.1) is 0 Å². The van der Waals surface area contributed by atoms with E-state index in [9.17, 15) is 0 Å². The second-order valence-electron chi connectivity index (χ2n) is 6.40. The van der Waals surface area contributed by atoms with Gasteiger partial charge in [0.1, 0.15) is 0 Å². The first-order valence-corrected chi connectivity index (χ1v) is 8.31. The summed E-state index contributed by atoms with van der Waals surface area (Å²) < 4.78 is 0. The normalized spacial score (nSPS) is 16.7. The van der Waals surface area contributed by atoms with Crippen molar-refractivity contribution in [2.24, 2.45) is 10.9 Å². The number of hydrogen-bond donors (Lipinski definition) is 1. The van der Waals surface area contributed by atoms with Gasteiger partial charge in [0, 0.05) is 26.2 Å². The first kappa shape index (κ1) is 16.8. The number of hydrogen-bond acceptors (Lipinski definition) is 2. The summed E-state index contributed by atoms with van der Waals surface area (Å²) in [5.74, 6) is 1.83. The quantitative estimate of drug-likeness (QED) is 0.620. The smallest absolute Gasteiger partial charge is 0.194 e. The predicted octanol–water partition coefficient (Wildman–Crippen LogP) is 2.42. The van der Waals surface area contributed by atoms with E-state index in [2.05, 4.69) is 73.5 Å². The summed E-state index contributed by atoms with van der Waals surface area (Å²) in [5, 5.41) is 3.41. The van der Waals surface area contributed by atoms with Gasteiger partial charge in [0.2, 0.25) is 0 Å². The lowest BCUT2D eigenvalue weighted by atomic mass is 10.2. The molecule has 0 saturated heterocycles. The summed E-state index contributed by atoms with van der Waals surface area (Å²) in [6.45, 7) is 4.77. The zero-order chi connectivity index (χ0) is 15.9. The van der Waals surface area contributed by atoms with Crippen LogP contribution in [0.5, 0.6) is 0 Å². The monoisotopic (exact) mass is 302 g/mol. The van der Waals surface area contributed by atoms with Crippen LogP contribution in [0.2, 0.25) is 0 Å². The lowest BCUT2D eigenvalue weighted by Crippen LogP contribution is -2.40. The lowest BCUT2D eigenvalue weighted by molar-refractivity contribution is 0.270. The van der Waals surface area contributed by atoms with Crippen LogP contribution in [0.25, 0.3) is 0 Å². The molecule has 4 heteroatoms. The number of nitrogens with one attached hydrogen (secondary N) is 1. The van der Waals surface area contributed by atoms with E-state index in [1.165, 1.54) is 18.4 Å². The zero-order valence-electron chi connectivity index (χ0n) is 14.4. The summed E-state index contributed by atoms with van der Waals surface area (Å²) in [6.07, 6.45) is 2.71. The highest BCUT2D eigenvalue weighted by Crippen LogP contribution is 2.34. The van der Waals surface area contributed by atoms with Gasteiger partial charge in [0.15, 0.2) is 5.96 Å². The average Bonchev–Trinajstić information content (AvgIpc) is 3.32. The van der Waals surface area contributed by atoms with Crippen molar-refractivity contribution in [2.75, 3.05) is 34.2 Å². The Labute approximate surface area is 135 Å². The third-order valence-electron chi connectivity index (χ3n) is 4.22. The van der Waals surface area contributed by atoms with Crippen LogP contribution in [0.4, 0.5) is 0 Å². The molecule has 122 valence electrons. The van der Waals surface area contributed by atoms with Crippen LogP contribution >= 0.6 is 0 Å². The molecular weight excluding hydrogens is 272 g/mol. The predicted molar refractivity (Wildman–Crippen MR) is 94.1 cm³/mol. The molecule has 1 fully saturated rings. The number of guanidine groups is 1. The second-order valence-corrected chi connectivity index (χ2v) is 6.40.